The van der Waals surface area contributed by atoms with Gasteiger partial charge in [-0.1, -0.05) is 58.0 Å². The van der Waals surface area contributed by atoms with Crippen LogP contribution in [0.15, 0.2) is 36.4 Å². The molecule has 1 aromatic heterocycles. The molecule has 0 bridgehead atoms. The van der Waals surface area contributed by atoms with Gasteiger partial charge in [-0.2, -0.15) is 5.10 Å². The van der Waals surface area contributed by atoms with Crippen molar-refractivity contribution >= 4 is 5.82 Å². The fourth-order valence-corrected chi connectivity index (χ4v) is 3.83. The maximum Gasteiger partial charge on any atom is 0.145 e. The Labute approximate surface area is 151 Å². The van der Waals surface area contributed by atoms with Crippen LogP contribution in [0.25, 0.3) is 0 Å². The molecule has 2 N–H and O–H groups in total. The Bertz CT molecular complexity index is 694. The summed E-state index contributed by atoms with van der Waals surface area (Å²) in [6.07, 6.45) is 3.37. The van der Waals surface area contributed by atoms with Crippen molar-refractivity contribution in [1.29, 1.82) is 0 Å². The number of ether oxygens (including phenoxy) is 1. The molecule has 1 fully saturated rings. The van der Waals surface area contributed by atoms with Gasteiger partial charge >= 0.3 is 0 Å². The van der Waals surface area contributed by atoms with Crippen molar-refractivity contribution in [3.05, 3.63) is 47.7 Å². The highest BCUT2D eigenvalue weighted by Crippen LogP contribution is 2.52. The van der Waals surface area contributed by atoms with E-state index in [2.05, 4.69) is 61.7 Å². The van der Waals surface area contributed by atoms with Gasteiger partial charge in [0, 0.05) is 17.2 Å². The van der Waals surface area contributed by atoms with E-state index >= 15 is 0 Å². The molecule has 0 atom stereocenters. The molecule has 0 saturated heterocycles. The Balaban J connectivity index is 1.61. The van der Waals surface area contributed by atoms with Gasteiger partial charge in [0.15, 0.2) is 0 Å². The first kappa shape index (κ1) is 18.0. The number of nitrogens with zero attached hydrogens (tertiary/aromatic N) is 2. The largest absolute Gasteiger partial charge is 0.382 e. The summed E-state index contributed by atoms with van der Waals surface area (Å²) in [4.78, 5) is 0. The summed E-state index contributed by atoms with van der Waals surface area (Å²) >= 11 is 0. The molecule has 0 amide bonds. The molecule has 0 unspecified atom stereocenters. The van der Waals surface area contributed by atoms with Gasteiger partial charge in [-0.25, -0.2) is 0 Å². The molecule has 0 radical (unpaired) electrons. The van der Waals surface area contributed by atoms with Gasteiger partial charge in [0.2, 0.25) is 0 Å². The van der Waals surface area contributed by atoms with Crippen LogP contribution in [0.3, 0.4) is 0 Å². The van der Waals surface area contributed by atoms with Crippen LogP contribution in [0.5, 0.6) is 0 Å². The van der Waals surface area contributed by atoms with Crippen LogP contribution in [-0.4, -0.2) is 16.4 Å². The lowest BCUT2D eigenvalue weighted by atomic mass is 9.64. The molecule has 1 heterocycles. The summed E-state index contributed by atoms with van der Waals surface area (Å²) < 4.78 is 8.22. The first-order valence-corrected chi connectivity index (χ1v) is 9.30. The van der Waals surface area contributed by atoms with Crippen LogP contribution in [0.4, 0.5) is 5.82 Å². The topological polar surface area (TPSA) is 53.1 Å². The maximum atomic E-state index is 6.05. The van der Waals surface area contributed by atoms with Crippen molar-refractivity contribution in [2.75, 3.05) is 12.3 Å². The number of benzene rings is 1. The van der Waals surface area contributed by atoms with E-state index in [1.807, 2.05) is 12.1 Å². The van der Waals surface area contributed by atoms with Crippen LogP contribution in [0.1, 0.15) is 64.3 Å². The van der Waals surface area contributed by atoms with Gasteiger partial charge in [-0.05, 0) is 30.2 Å². The number of nitrogen functional groups attached to an aromatic ring is 1. The molecule has 136 valence electrons. The second kappa shape index (κ2) is 6.83. The monoisotopic (exact) mass is 341 g/mol. The van der Waals surface area contributed by atoms with Crippen molar-refractivity contribution in [3.8, 4) is 0 Å². The van der Waals surface area contributed by atoms with Crippen molar-refractivity contribution in [2.24, 2.45) is 5.41 Å². The molecule has 1 saturated carbocycles. The Kier molecular flexibility index (Phi) is 4.92. The Morgan fingerprint density at radius 2 is 1.92 bits per heavy atom. The minimum atomic E-state index is 0.0545. The maximum absolute atomic E-state index is 6.05. The van der Waals surface area contributed by atoms with Crippen LogP contribution >= 0.6 is 0 Å². The van der Waals surface area contributed by atoms with Gasteiger partial charge in [-0.15, -0.1) is 0 Å². The van der Waals surface area contributed by atoms with E-state index in [1.165, 1.54) is 11.3 Å². The number of hydrogen-bond acceptors (Lipinski definition) is 3. The zero-order chi connectivity index (χ0) is 18.1. The third-order valence-electron chi connectivity index (χ3n) is 5.48. The Morgan fingerprint density at radius 3 is 2.52 bits per heavy atom. The van der Waals surface area contributed by atoms with Gasteiger partial charge in [0.05, 0.1) is 19.3 Å². The summed E-state index contributed by atoms with van der Waals surface area (Å²) in [5.74, 6) is 0.624. The molecule has 1 aromatic carbocycles. The third-order valence-corrected chi connectivity index (χ3v) is 5.48. The Morgan fingerprint density at radius 1 is 1.24 bits per heavy atom. The van der Waals surface area contributed by atoms with E-state index < -0.39 is 0 Å². The van der Waals surface area contributed by atoms with Gasteiger partial charge in [0.25, 0.3) is 0 Å². The zero-order valence-corrected chi connectivity index (χ0v) is 16.0. The highest BCUT2D eigenvalue weighted by Gasteiger charge is 2.45. The molecule has 3 rings (SSSR count). The summed E-state index contributed by atoms with van der Waals surface area (Å²) in [7, 11) is 0. The molecular weight excluding hydrogens is 310 g/mol. The fraction of sp³-hybridized carbons (Fsp3) is 0.571. The van der Waals surface area contributed by atoms with E-state index in [0.717, 1.165) is 25.9 Å². The third kappa shape index (κ3) is 3.90. The predicted molar refractivity (Wildman–Crippen MR) is 102 cm³/mol. The number of rotatable bonds is 6. The molecule has 0 spiro atoms. The average Bonchev–Trinajstić information content (AvgIpc) is 2.92. The fourth-order valence-electron chi connectivity index (χ4n) is 3.83. The molecule has 25 heavy (non-hydrogen) atoms. The average molecular weight is 341 g/mol. The SMILES string of the molecule is CCC1(COCc2ccccc2)CC(n2nc(N)cc2C(C)(C)C)C1. The predicted octanol–water partition coefficient (Wildman–Crippen LogP) is 4.71. The molecule has 4 nitrogen and oxygen atoms in total. The number of aromatic nitrogens is 2. The Hall–Kier alpha value is -1.81. The second-order valence-corrected chi connectivity index (χ2v) is 8.54. The minimum Gasteiger partial charge on any atom is -0.382 e. The number of anilines is 1. The molecule has 1 aliphatic carbocycles. The molecule has 2 aromatic rings. The highest BCUT2D eigenvalue weighted by molar-refractivity contribution is 5.33. The van der Waals surface area contributed by atoms with E-state index in [1.54, 1.807) is 0 Å². The highest BCUT2D eigenvalue weighted by atomic mass is 16.5. The normalized spacial score (nSPS) is 23.4. The quantitative estimate of drug-likeness (QED) is 0.828. The standard InChI is InChI=1S/C21H31N3O/c1-5-21(15-25-14-16-9-7-6-8-10-16)12-17(13-21)24-18(20(2,3)4)11-19(22)23-24/h6-11,17H,5,12-15H2,1-4H3,(H2,22,23). The first-order chi connectivity index (χ1) is 11.8. The smallest absolute Gasteiger partial charge is 0.145 e. The molecule has 1 aliphatic rings. The second-order valence-electron chi connectivity index (χ2n) is 8.54. The number of hydrogen-bond donors (Lipinski definition) is 1. The van der Waals surface area contributed by atoms with Crippen molar-refractivity contribution < 1.29 is 4.74 Å². The van der Waals surface area contributed by atoms with Crippen molar-refractivity contribution in [1.82, 2.24) is 9.78 Å². The van der Waals surface area contributed by atoms with Crippen LogP contribution < -0.4 is 5.73 Å². The van der Waals surface area contributed by atoms with Crippen molar-refractivity contribution in [2.45, 2.75) is 65.0 Å². The summed E-state index contributed by atoms with van der Waals surface area (Å²) in [6.45, 7) is 10.4. The first-order valence-electron chi connectivity index (χ1n) is 9.30. The molecular formula is C21H31N3O. The summed E-state index contributed by atoms with van der Waals surface area (Å²) in [5.41, 5.74) is 8.77. The lowest BCUT2D eigenvalue weighted by molar-refractivity contribution is -0.0480. The zero-order valence-electron chi connectivity index (χ0n) is 16.0. The van der Waals surface area contributed by atoms with Gasteiger partial charge < -0.3 is 10.5 Å². The molecule has 4 heteroatoms. The van der Waals surface area contributed by atoms with Gasteiger partial charge in [0.1, 0.15) is 5.82 Å². The van der Waals surface area contributed by atoms with Crippen LogP contribution in [0.2, 0.25) is 0 Å². The number of nitrogens with two attached hydrogens (primary N) is 1. The van der Waals surface area contributed by atoms with Crippen LogP contribution in [0, 0.1) is 5.41 Å². The summed E-state index contributed by atoms with van der Waals surface area (Å²) in [6, 6.07) is 12.8. The van der Waals surface area contributed by atoms with E-state index in [9.17, 15) is 0 Å². The lowest BCUT2D eigenvalue weighted by Crippen LogP contribution is -2.43. The summed E-state index contributed by atoms with van der Waals surface area (Å²) in [5, 5.41) is 4.58. The van der Waals surface area contributed by atoms with Gasteiger partial charge in [-0.3, -0.25) is 4.68 Å². The van der Waals surface area contributed by atoms with E-state index in [-0.39, 0.29) is 10.8 Å². The lowest BCUT2D eigenvalue weighted by Gasteiger charge is -2.48. The minimum absolute atomic E-state index is 0.0545. The van der Waals surface area contributed by atoms with Crippen LogP contribution in [-0.2, 0) is 16.8 Å². The van der Waals surface area contributed by atoms with Crippen molar-refractivity contribution in [3.63, 3.8) is 0 Å². The van der Waals surface area contributed by atoms with E-state index in [4.69, 9.17) is 10.5 Å². The van der Waals surface area contributed by atoms with E-state index in [0.29, 0.717) is 18.5 Å². The molecule has 0 aliphatic heterocycles.